The van der Waals surface area contributed by atoms with Gasteiger partial charge in [0, 0.05) is 0 Å². The normalized spacial score (nSPS) is 12.6. The number of hydrogen-bond donors (Lipinski definition) is 1. The van der Waals surface area contributed by atoms with Crippen LogP contribution in [0, 0.1) is 12.7 Å². The summed E-state index contributed by atoms with van der Waals surface area (Å²) in [6.07, 6.45) is -3.16. The molecule has 3 rings (SSSR count). The molecule has 0 radical (unpaired) electrons. The quantitative estimate of drug-likeness (QED) is 0.648. The third kappa shape index (κ3) is 3.90. The molecule has 1 aromatic heterocycles. The van der Waals surface area contributed by atoms with Crippen LogP contribution in [-0.4, -0.2) is 15.7 Å². The Morgan fingerprint density at radius 2 is 1.86 bits per heavy atom. The minimum Gasteiger partial charge on any atom is -0.345 e. The Morgan fingerprint density at radius 1 is 1.14 bits per heavy atom. The molecule has 28 heavy (non-hydrogen) atoms. The number of nitrogens with zero attached hydrogens (tertiary/aromatic N) is 2. The standard InChI is InChI=1S/C20H17F4N3O/c1-12(14-6-5-7-15(10-14)20(22,23)24)26-19(28)16-11-25-27(13(16)2)18-9-4-3-8-17(18)21/h3-12H,1-2H3,(H,26,28). The SMILES string of the molecule is Cc1c(C(=O)NC(C)c2cccc(C(F)(F)F)c2)cnn1-c1ccccc1F. The minimum atomic E-state index is -4.46. The van der Waals surface area contributed by atoms with Gasteiger partial charge in [0.05, 0.1) is 29.1 Å². The number of hydrogen-bond acceptors (Lipinski definition) is 2. The molecule has 8 heteroatoms. The van der Waals surface area contributed by atoms with E-state index in [4.69, 9.17) is 0 Å². The second-order valence-corrected chi connectivity index (χ2v) is 6.33. The van der Waals surface area contributed by atoms with Crippen LogP contribution in [0.2, 0.25) is 0 Å². The van der Waals surface area contributed by atoms with Crippen molar-refractivity contribution in [2.45, 2.75) is 26.1 Å². The smallest absolute Gasteiger partial charge is 0.345 e. The molecule has 1 amide bonds. The molecule has 2 aromatic carbocycles. The molecule has 0 fully saturated rings. The maximum absolute atomic E-state index is 14.0. The minimum absolute atomic E-state index is 0.199. The number of amides is 1. The zero-order chi connectivity index (χ0) is 20.5. The van der Waals surface area contributed by atoms with Gasteiger partial charge in [-0.2, -0.15) is 18.3 Å². The van der Waals surface area contributed by atoms with Gasteiger partial charge in [0.15, 0.2) is 0 Å². The maximum atomic E-state index is 14.0. The molecular formula is C20H17F4N3O. The largest absolute Gasteiger partial charge is 0.416 e. The Balaban J connectivity index is 1.82. The highest BCUT2D eigenvalue weighted by Crippen LogP contribution is 2.30. The Hall–Kier alpha value is -3.16. The summed E-state index contributed by atoms with van der Waals surface area (Å²) in [4.78, 5) is 12.6. The molecular weight excluding hydrogens is 374 g/mol. The molecule has 146 valence electrons. The van der Waals surface area contributed by atoms with Crippen LogP contribution in [0.3, 0.4) is 0 Å². The van der Waals surface area contributed by atoms with Crippen LogP contribution in [0.15, 0.2) is 54.7 Å². The van der Waals surface area contributed by atoms with Gasteiger partial charge in [0.25, 0.3) is 5.91 Å². The summed E-state index contributed by atoms with van der Waals surface area (Å²) in [5.74, 6) is -0.997. The van der Waals surface area contributed by atoms with Crippen molar-refractivity contribution in [3.05, 3.63) is 82.9 Å². The first kappa shape index (κ1) is 19.6. The number of nitrogens with one attached hydrogen (secondary N) is 1. The molecule has 1 unspecified atom stereocenters. The van der Waals surface area contributed by atoms with Crippen molar-refractivity contribution >= 4 is 5.91 Å². The molecule has 0 bridgehead atoms. The average Bonchev–Trinajstić information content (AvgIpc) is 3.03. The van der Waals surface area contributed by atoms with Crippen LogP contribution in [0.5, 0.6) is 0 Å². The van der Waals surface area contributed by atoms with E-state index in [9.17, 15) is 22.4 Å². The number of carbonyl (C=O) groups excluding carboxylic acids is 1. The Morgan fingerprint density at radius 3 is 2.54 bits per heavy atom. The number of rotatable bonds is 4. The van der Waals surface area contributed by atoms with Gasteiger partial charge >= 0.3 is 6.18 Å². The van der Waals surface area contributed by atoms with Crippen LogP contribution in [0.25, 0.3) is 5.69 Å². The average molecular weight is 391 g/mol. The van der Waals surface area contributed by atoms with E-state index in [0.717, 1.165) is 12.1 Å². The molecule has 4 nitrogen and oxygen atoms in total. The van der Waals surface area contributed by atoms with E-state index >= 15 is 0 Å². The molecule has 0 saturated heterocycles. The zero-order valence-electron chi connectivity index (χ0n) is 15.1. The lowest BCUT2D eigenvalue weighted by atomic mass is 10.0. The van der Waals surface area contributed by atoms with Crippen molar-refractivity contribution in [3.8, 4) is 5.69 Å². The van der Waals surface area contributed by atoms with Crippen molar-refractivity contribution < 1.29 is 22.4 Å². The zero-order valence-corrected chi connectivity index (χ0v) is 15.1. The number of para-hydroxylation sites is 1. The van der Waals surface area contributed by atoms with Crippen LogP contribution < -0.4 is 5.32 Å². The van der Waals surface area contributed by atoms with Crippen LogP contribution in [0.1, 0.15) is 40.1 Å². The van der Waals surface area contributed by atoms with E-state index in [1.54, 1.807) is 26.0 Å². The number of halogens is 4. The first-order chi connectivity index (χ1) is 13.2. The first-order valence-electron chi connectivity index (χ1n) is 8.46. The lowest BCUT2D eigenvalue weighted by Crippen LogP contribution is -2.27. The van der Waals surface area contributed by atoms with Gasteiger partial charge in [-0.25, -0.2) is 9.07 Å². The molecule has 3 aromatic rings. The molecule has 0 aliphatic carbocycles. The summed E-state index contributed by atoms with van der Waals surface area (Å²) in [6.45, 7) is 3.20. The van der Waals surface area contributed by atoms with Gasteiger partial charge in [-0.15, -0.1) is 0 Å². The molecule has 1 atom stereocenters. The van der Waals surface area contributed by atoms with E-state index in [0.29, 0.717) is 11.3 Å². The van der Waals surface area contributed by atoms with Crippen LogP contribution >= 0.6 is 0 Å². The highest BCUT2D eigenvalue weighted by atomic mass is 19.4. The number of benzene rings is 2. The van der Waals surface area contributed by atoms with Gasteiger partial charge < -0.3 is 5.32 Å². The fourth-order valence-electron chi connectivity index (χ4n) is 2.84. The van der Waals surface area contributed by atoms with Gasteiger partial charge in [-0.05, 0) is 43.7 Å². The van der Waals surface area contributed by atoms with Crippen LogP contribution in [0.4, 0.5) is 17.6 Å². The summed E-state index contributed by atoms with van der Waals surface area (Å²) < 4.78 is 53.9. The molecule has 0 spiro atoms. The maximum Gasteiger partial charge on any atom is 0.416 e. The van der Waals surface area contributed by atoms with Crippen LogP contribution in [-0.2, 0) is 6.18 Å². The number of carbonyl (C=O) groups is 1. The third-order valence-corrected chi connectivity index (χ3v) is 4.40. The number of aromatic nitrogens is 2. The summed E-state index contributed by atoms with van der Waals surface area (Å²) in [5, 5.41) is 6.72. The molecule has 0 saturated carbocycles. The van der Waals surface area contributed by atoms with Crippen molar-refractivity contribution in [3.63, 3.8) is 0 Å². The topological polar surface area (TPSA) is 46.9 Å². The second-order valence-electron chi connectivity index (χ2n) is 6.33. The van der Waals surface area contributed by atoms with Gasteiger partial charge in [0.2, 0.25) is 0 Å². The van der Waals surface area contributed by atoms with Crippen molar-refractivity contribution in [1.82, 2.24) is 15.1 Å². The lowest BCUT2D eigenvalue weighted by Gasteiger charge is -2.16. The van der Waals surface area contributed by atoms with Gasteiger partial charge in [-0.3, -0.25) is 4.79 Å². The number of alkyl halides is 3. The van der Waals surface area contributed by atoms with E-state index in [1.807, 2.05) is 0 Å². The van der Waals surface area contributed by atoms with E-state index < -0.39 is 29.5 Å². The van der Waals surface area contributed by atoms with Gasteiger partial charge in [0.1, 0.15) is 11.5 Å². The highest BCUT2D eigenvalue weighted by molar-refractivity contribution is 5.95. The molecule has 0 aliphatic heterocycles. The first-order valence-corrected chi connectivity index (χ1v) is 8.46. The Kier molecular flexibility index (Phi) is 5.22. The van der Waals surface area contributed by atoms with Crippen molar-refractivity contribution in [1.29, 1.82) is 0 Å². The predicted molar refractivity (Wildman–Crippen MR) is 95.6 cm³/mol. The van der Waals surface area contributed by atoms with E-state index in [2.05, 4.69) is 10.4 Å². The Bertz CT molecular complexity index is 1010. The summed E-state index contributed by atoms with van der Waals surface area (Å²) in [7, 11) is 0. The van der Waals surface area contributed by atoms with Gasteiger partial charge in [-0.1, -0.05) is 24.3 Å². The van der Waals surface area contributed by atoms with E-state index in [1.165, 1.54) is 35.1 Å². The summed E-state index contributed by atoms with van der Waals surface area (Å²) in [5.41, 5.74) is 0.364. The molecule has 1 N–H and O–H groups in total. The molecule has 1 heterocycles. The summed E-state index contributed by atoms with van der Waals surface area (Å²) in [6, 6.07) is 10.1. The fourth-order valence-corrected chi connectivity index (χ4v) is 2.84. The van der Waals surface area contributed by atoms with E-state index in [-0.39, 0.29) is 11.3 Å². The second kappa shape index (κ2) is 7.46. The predicted octanol–water partition coefficient (Wildman–Crippen LogP) is 4.83. The monoisotopic (exact) mass is 391 g/mol. The van der Waals surface area contributed by atoms with Crippen molar-refractivity contribution in [2.75, 3.05) is 0 Å². The fraction of sp³-hybridized carbons (Fsp3) is 0.200. The third-order valence-electron chi connectivity index (χ3n) is 4.40. The lowest BCUT2D eigenvalue weighted by molar-refractivity contribution is -0.137. The summed E-state index contributed by atoms with van der Waals surface area (Å²) >= 11 is 0. The Labute approximate surface area is 158 Å². The highest BCUT2D eigenvalue weighted by Gasteiger charge is 2.31. The van der Waals surface area contributed by atoms with Crippen molar-refractivity contribution in [2.24, 2.45) is 0 Å². The molecule has 0 aliphatic rings.